The van der Waals surface area contributed by atoms with Crippen molar-refractivity contribution >= 4 is 23.2 Å². The van der Waals surface area contributed by atoms with Gasteiger partial charge in [0.15, 0.2) is 0 Å². The van der Waals surface area contributed by atoms with Crippen molar-refractivity contribution in [3.63, 3.8) is 0 Å². The first-order valence-corrected chi connectivity index (χ1v) is 10.3. The van der Waals surface area contributed by atoms with Gasteiger partial charge in [0.25, 0.3) is 11.8 Å². The predicted octanol–water partition coefficient (Wildman–Crippen LogP) is 3.87. The van der Waals surface area contributed by atoms with Crippen LogP contribution in [0.4, 0.5) is 0 Å². The Morgan fingerprint density at radius 3 is 2.30 bits per heavy atom. The Morgan fingerprint density at radius 2 is 1.70 bits per heavy atom. The Bertz CT molecular complexity index is 844. The number of nitrogens with zero attached hydrogens (tertiary/aromatic N) is 3. The van der Waals surface area contributed by atoms with Crippen LogP contribution in [0.1, 0.15) is 62.5 Å². The number of hydrogen-bond donors (Lipinski definition) is 0. The number of benzene rings is 1. The van der Waals surface area contributed by atoms with E-state index in [-0.39, 0.29) is 11.8 Å². The minimum atomic E-state index is 0.0433. The summed E-state index contributed by atoms with van der Waals surface area (Å²) in [5.74, 6) is 0.410. The Labute approximate surface area is 165 Å². The summed E-state index contributed by atoms with van der Waals surface area (Å²) in [6, 6.07) is 7.68. The van der Waals surface area contributed by atoms with Crippen molar-refractivity contribution < 1.29 is 9.59 Å². The van der Waals surface area contributed by atoms with Crippen LogP contribution >= 0.6 is 11.3 Å². The number of carbonyl (C=O) groups excluding carboxylic acids is 2. The summed E-state index contributed by atoms with van der Waals surface area (Å²) < 4.78 is 0. The van der Waals surface area contributed by atoms with E-state index < -0.39 is 0 Å². The van der Waals surface area contributed by atoms with Crippen LogP contribution in [0.5, 0.6) is 0 Å². The van der Waals surface area contributed by atoms with Crippen LogP contribution in [-0.2, 0) is 0 Å². The quantitative estimate of drug-likeness (QED) is 0.806. The molecule has 1 aliphatic rings. The van der Waals surface area contributed by atoms with Gasteiger partial charge in [0, 0.05) is 37.7 Å². The zero-order valence-corrected chi connectivity index (χ0v) is 17.3. The van der Waals surface area contributed by atoms with Crippen LogP contribution in [0, 0.1) is 13.8 Å². The van der Waals surface area contributed by atoms with Crippen LogP contribution in [0.2, 0.25) is 0 Å². The topological polar surface area (TPSA) is 53.5 Å². The van der Waals surface area contributed by atoms with Crippen molar-refractivity contribution in [1.29, 1.82) is 0 Å². The fourth-order valence-electron chi connectivity index (χ4n) is 3.29. The maximum absolute atomic E-state index is 13.0. The van der Waals surface area contributed by atoms with E-state index in [0.717, 1.165) is 33.1 Å². The lowest BCUT2D eigenvalue weighted by atomic mass is 10.1. The van der Waals surface area contributed by atoms with E-state index in [4.69, 9.17) is 0 Å². The number of hydrogen-bond acceptors (Lipinski definition) is 4. The zero-order valence-electron chi connectivity index (χ0n) is 16.5. The molecule has 0 unspecified atom stereocenters. The normalized spacial score (nSPS) is 15.1. The second kappa shape index (κ2) is 8.21. The standard InChI is InChI=1S/C21H27N3O2S/c1-14(2)19-22-16(4)18(27-19)21(26)24-10-6-9-23(11-12-24)20(25)17-8-5-7-15(3)13-17/h5,7-8,13-14H,6,9-12H2,1-4H3. The van der Waals surface area contributed by atoms with Crippen LogP contribution < -0.4 is 0 Å². The average Bonchev–Trinajstić information content (AvgIpc) is 2.87. The molecule has 144 valence electrons. The van der Waals surface area contributed by atoms with Crippen molar-refractivity contribution in [3.05, 3.63) is 51.0 Å². The minimum absolute atomic E-state index is 0.0433. The zero-order chi connectivity index (χ0) is 19.6. The Balaban J connectivity index is 1.69. The van der Waals surface area contributed by atoms with E-state index in [2.05, 4.69) is 18.8 Å². The second-order valence-electron chi connectivity index (χ2n) is 7.43. The van der Waals surface area contributed by atoms with E-state index in [1.165, 1.54) is 11.3 Å². The summed E-state index contributed by atoms with van der Waals surface area (Å²) in [7, 11) is 0. The number of carbonyl (C=O) groups is 2. The Hall–Kier alpha value is -2.21. The van der Waals surface area contributed by atoms with Crippen molar-refractivity contribution in [2.75, 3.05) is 26.2 Å². The predicted molar refractivity (Wildman–Crippen MR) is 109 cm³/mol. The number of aromatic nitrogens is 1. The maximum atomic E-state index is 13.0. The molecule has 0 spiro atoms. The van der Waals surface area contributed by atoms with E-state index in [9.17, 15) is 9.59 Å². The van der Waals surface area contributed by atoms with Gasteiger partial charge in [-0.1, -0.05) is 31.5 Å². The van der Waals surface area contributed by atoms with E-state index in [1.807, 2.05) is 47.9 Å². The Morgan fingerprint density at radius 1 is 1.04 bits per heavy atom. The summed E-state index contributed by atoms with van der Waals surface area (Å²) in [4.78, 5) is 34.8. The van der Waals surface area contributed by atoms with Gasteiger partial charge in [-0.25, -0.2) is 4.98 Å². The fraction of sp³-hybridized carbons (Fsp3) is 0.476. The van der Waals surface area contributed by atoms with Crippen molar-refractivity contribution in [2.24, 2.45) is 0 Å². The number of thiazole rings is 1. The molecule has 5 nitrogen and oxygen atoms in total. The first-order chi connectivity index (χ1) is 12.9. The Kier molecular flexibility index (Phi) is 5.95. The average molecular weight is 386 g/mol. The van der Waals surface area contributed by atoms with E-state index >= 15 is 0 Å². The minimum Gasteiger partial charge on any atom is -0.337 e. The lowest BCUT2D eigenvalue weighted by Gasteiger charge is -2.22. The van der Waals surface area contributed by atoms with Gasteiger partial charge in [0.2, 0.25) is 0 Å². The number of aryl methyl sites for hydroxylation is 2. The van der Waals surface area contributed by atoms with Crippen LogP contribution in [0.3, 0.4) is 0 Å². The molecule has 3 rings (SSSR count). The van der Waals surface area contributed by atoms with E-state index in [0.29, 0.717) is 32.1 Å². The van der Waals surface area contributed by atoms with Gasteiger partial charge in [-0.15, -0.1) is 11.3 Å². The van der Waals surface area contributed by atoms with Gasteiger partial charge in [0.05, 0.1) is 10.7 Å². The van der Waals surface area contributed by atoms with Gasteiger partial charge in [-0.3, -0.25) is 9.59 Å². The first kappa shape index (κ1) is 19.5. The highest BCUT2D eigenvalue weighted by Gasteiger charge is 2.26. The SMILES string of the molecule is Cc1cccc(C(=O)N2CCCN(C(=O)c3sc(C(C)C)nc3C)CC2)c1. The molecule has 2 heterocycles. The van der Waals surface area contributed by atoms with Crippen molar-refractivity contribution in [2.45, 2.75) is 40.0 Å². The van der Waals surface area contributed by atoms with Crippen LogP contribution in [0.15, 0.2) is 24.3 Å². The number of amides is 2. The molecule has 0 aliphatic carbocycles. The molecule has 0 bridgehead atoms. The summed E-state index contributed by atoms with van der Waals surface area (Å²) in [6.45, 7) is 10.5. The van der Waals surface area contributed by atoms with Crippen molar-refractivity contribution in [3.8, 4) is 0 Å². The fourth-order valence-corrected chi connectivity index (χ4v) is 4.33. The molecule has 27 heavy (non-hydrogen) atoms. The lowest BCUT2D eigenvalue weighted by Crippen LogP contribution is -2.37. The molecule has 0 atom stereocenters. The molecular weight excluding hydrogens is 358 g/mol. The largest absolute Gasteiger partial charge is 0.337 e. The molecule has 0 saturated carbocycles. The molecule has 1 fully saturated rings. The second-order valence-corrected chi connectivity index (χ2v) is 8.46. The van der Waals surface area contributed by atoms with Gasteiger partial charge in [-0.2, -0.15) is 0 Å². The highest BCUT2D eigenvalue weighted by Crippen LogP contribution is 2.26. The molecule has 2 amide bonds. The lowest BCUT2D eigenvalue weighted by molar-refractivity contribution is 0.0720. The maximum Gasteiger partial charge on any atom is 0.265 e. The smallest absolute Gasteiger partial charge is 0.265 e. The molecule has 2 aromatic rings. The van der Waals surface area contributed by atoms with Gasteiger partial charge in [0.1, 0.15) is 4.88 Å². The monoisotopic (exact) mass is 385 g/mol. The molecule has 6 heteroatoms. The summed E-state index contributed by atoms with van der Waals surface area (Å²) in [6.07, 6.45) is 0.790. The van der Waals surface area contributed by atoms with Gasteiger partial charge in [-0.05, 0) is 32.4 Å². The van der Waals surface area contributed by atoms with Crippen molar-refractivity contribution in [1.82, 2.24) is 14.8 Å². The van der Waals surface area contributed by atoms with Gasteiger partial charge >= 0.3 is 0 Å². The highest BCUT2D eigenvalue weighted by molar-refractivity contribution is 7.13. The number of rotatable bonds is 3. The molecule has 1 aromatic carbocycles. The van der Waals surface area contributed by atoms with Gasteiger partial charge < -0.3 is 9.80 Å². The molecular formula is C21H27N3O2S. The molecule has 1 aliphatic heterocycles. The van der Waals surface area contributed by atoms with E-state index in [1.54, 1.807) is 0 Å². The summed E-state index contributed by atoms with van der Waals surface area (Å²) in [5.41, 5.74) is 2.61. The third-order valence-electron chi connectivity index (χ3n) is 4.84. The molecule has 0 radical (unpaired) electrons. The third kappa shape index (κ3) is 4.38. The van der Waals surface area contributed by atoms with Crippen LogP contribution in [0.25, 0.3) is 0 Å². The summed E-state index contributed by atoms with van der Waals surface area (Å²) >= 11 is 1.50. The highest BCUT2D eigenvalue weighted by atomic mass is 32.1. The summed E-state index contributed by atoms with van der Waals surface area (Å²) in [5, 5.41) is 1.00. The molecule has 1 saturated heterocycles. The third-order valence-corrected chi connectivity index (χ3v) is 6.28. The first-order valence-electron chi connectivity index (χ1n) is 9.49. The van der Waals surface area contributed by atoms with Crippen LogP contribution in [-0.4, -0.2) is 52.8 Å². The molecule has 0 N–H and O–H groups in total. The molecule has 1 aromatic heterocycles.